The van der Waals surface area contributed by atoms with Crippen LogP contribution in [0.15, 0.2) is 0 Å². The summed E-state index contributed by atoms with van der Waals surface area (Å²) in [5.74, 6) is -13.1. The van der Waals surface area contributed by atoms with Crippen LogP contribution >= 0.6 is 0 Å². The average molecular weight is 1570 g/mol. The molecule has 638 valence electrons. The van der Waals surface area contributed by atoms with Crippen LogP contribution in [0.2, 0.25) is 0 Å². The van der Waals surface area contributed by atoms with Gasteiger partial charge in [0.25, 0.3) is 11.6 Å². The first-order valence-corrected chi connectivity index (χ1v) is 41.0. The van der Waals surface area contributed by atoms with Gasteiger partial charge in [0.1, 0.15) is 85.5 Å². The molecular formula is C77H141N3O29. The van der Waals surface area contributed by atoms with E-state index < -0.39 is 216 Å². The maximum atomic E-state index is 13.6. The number of hydrogen-bond donors (Lipinski definition) is 19. The Morgan fingerprint density at radius 1 is 0.459 bits per heavy atom. The highest BCUT2D eigenvalue weighted by Gasteiger charge is 2.62. The maximum Gasteiger partial charge on any atom is 0.364 e. The Labute approximate surface area is 644 Å². The zero-order valence-corrected chi connectivity index (χ0v) is 65.3. The SMILES string of the molecule is CCCCCCCCCCCCCCCCCCCCCCCCC(=O)NC(COC1OC(CO)C(OC2OC(CO)C(O)C(OC3(C(=O)O)CC(O)C(NC(C)=O)C(C(O)C(CO)OC4(C(=O)O)CC(O)C(NC(C)=O)C(C(O)C(O)CO)O4)O3)C2O)C(O)C1O)C(O)CCCCCCCCCCCCCCC. The van der Waals surface area contributed by atoms with Crippen molar-refractivity contribution >= 4 is 29.7 Å². The molecule has 0 aliphatic carbocycles. The molecule has 4 saturated heterocycles. The van der Waals surface area contributed by atoms with E-state index in [4.69, 9.17) is 37.9 Å². The number of unbranched alkanes of at least 4 members (excludes halogenated alkanes) is 33. The Hall–Kier alpha value is -3.53. The minimum Gasteiger partial charge on any atom is -0.477 e. The number of carboxylic acid groups (broad SMARTS) is 2. The van der Waals surface area contributed by atoms with E-state index in [-0.39, 0.29) is 12.3 Å². The summed E-state index contributed by atoms with van der Waals surface area (Å²) >= 11 is 0. The van der Waals surface area contributed by atoms with Gasteiger partial charge in [-0.25, -0.2) is 9.59 Å². The fourth-order valence-electron chi connectivity index (χ4n) is 15.1. The number of aliphatic carboxylic acids is 2. The van der Waals surface area contributed by atoms with Gasteiger partial charge in [0.15, 0.2) is 12.6 Å². The number of carbonyl (C=O) groups is 5. The largest absolute Gasteiger partial charge is 0.477 e. The van der Waals surface area contributed by atoms with Crippen LogP contribution in [0.25, 0.3) is 0 Å². The van der Waals surface area contributed by atoms with Crippen LogP contribution in [0.4, 0.5) is 0 Å². The second-order valence-electron chi connectivity index (χ2n) is 30.7. The maximum absolute atomic E-state index is 13.6. The molecule has 19 N–H and O–H groups in total. The summed E-state index contributed by atoms with van der Waals surface area (Å²) < 4.78 is 46.6. The van der Waals surface area contributed by atoms with Crippen LogP contribution in [0.5, 0.6) is 0 Å². The monoisotopic (exact) mass is 1570 g/mol. The van der Waals surface area contributed by atoms with Crippen LogP contribution in [0, 0.1) is 0 Å². The van der Waals surface area contributed by atoms with E-state index in [0.29, 0.717) is 19.3 Å². The molecule has 0 aromatic carbocycles. The van der Waals surface area contributed by atoms with Gasteiger partial charge in [-0.05, 0) is 12.8 Å². The van der Waals surface area contributed by atoms with Crippen molar-refractivity contribution in [2.75, 3.05) is 33.0 Å². The van der Waals surface area contributed by atoms with Gasteiger partial charge in [-0.1, -0.05) is 232 Å². The molecule has 4 rings (SSSR count). The van der Waals surface area contributed by atoms with Crippen LogP contribution in [0.1, 0.15) is 278 Å². The van der Waals surface area contributed by atoms with Crippen molar-refractivity contribution in [3.8, 4) is 0 Å². The molecule has 109 heavy (non-hydrogen) atoms. The van der Waals surface area contributed by atoms with Gasteiger partial charge in [-0.2, -0.15) is 0 Å². The van der Waals surface area contributed by atoms with Crippen molar-refractivity contribution in [2.24, 2.45) is 0 Å². The Balaban J connectivity index is 1.42. The fraction of sp³-hybridized carbons (Fsp3) is 0.935. The molecule has 0 aromatic rings. The summed E-state index contributed by atoms with van der Waals surface area (Å²) in [4.78, 5) is 65.1. The molecule has 0 spiro atoms. The number of ether oxygens (including phenoxy) is 8. The Morgan fingerprint density at radius 2 is 0.862 bits per heavy atom. The van der Waals surface area contributed by atoms with E-state index in [1.807, 2.05) is 0 Å². The number of aliphatic hydroxyl groups excluding tert-OH is 14. The van der Waals surface area contributed by atoms with Crippen molar-refractivity contribution in [2.45, 2.75) is 424 Å². The van der Waals surface area contributed by atoms with Crippen molar-refractivity contribution in [1.82, 2.24) is 16.0 Å². The molecule has 32 nitrogen and oxygen atoms in total. The number of aliphatic hydroxyl groups is 14. The minimum atomic E-state index is -3.39. The smallest absolute Gasteiger partial charge is 0.364 e. The molecule has 0 aromatic heterocycles. The topological polar surface area (TPSA) is 519 Å². The second kappa shape index (κ2) is 53.6. The Bertz CT molecular complexity index is 2480. The van der Waals surface area contributed by atoms with E-state index in [0.717, 1.165) is 65.2 Å². The number of hydrogen-bond acceptors (Lipinski definition) is 27. The van der Waals surface area contributed by atoms with Crippen molar-refractivity contribution < 1.29 is 144 Å². The molecule has 4 aliphatic heterocycles. The van der Waals surface area contributed by atoms with E-state index >= 15 is 0 Å². The van der Waals surface area contributed by atoms with Gasteiger partial charge in [0, 0.05) is 33.1 Å². The van der Waals surface area contributed by atoms with Gasteiger partial charge in [-0.3, -0.25) is 14.4 Å². The third kappa shape index (κ3) is 32.9. The highest BCUT2D eigenvalue weighted by Crippen LogP contribution is 2.41. The number of rotatable bonds is 60. The van der Waals surface area contributed by atoms with Crippen molar-refractivity contribution in [3.63, 3.8) is 0 Å². The number of amides is 3. The summed E-state index contributed by atoms with van der Waals surface area (Å²) in [6, 6.07) is -4.64. The third-order valence-corrected chi connectivity index (χ3v) is 21.6. The second-order valence-corrected chi connectivity index (χ2v) is 30.7. The molecule has 3 amide bonds. The fourth-order valence-corrected chi connectivity index (χ4v) is 15.1. The summed E-state index contributed by atoms with van der Waals surface area (Å²) in [7, 11) is 0. The van der Waals surface area contributed by atoms with Gasteiger partial charge >= 0.3 is 11.9 Å². The molecule has 24 atom stereocenters. The van der Waals surface area contributed by atoms with Crippen LogP contribution in [-0.2, 0) is 61.9 Å². The number of carboxylic acids is 2. The Morgan fingerprint density at radius 3 is 1.28 bits per heavy atom. The lowest BCUT2D eigenvalue weighted by atomic mass is 9.87. The lowest BCUT2D eigenvalue weighted by Gasteiger charge is -2.51. The zero-order valence-electron chi connectivity index (χ0n) is 65.3. The lowest BCUT2D eigenvalue weighted by molar-refractivity contribution is -0.388. The molecule has 32 heteroatoms. The third-order valence-electron chi connectivity index (χ3n) is 21.6. The van der Waals surface area contributed by atoms with Gasteiger partial charge in [-0.15, -0.1) is 0 Å². The molecule has 4 fully saturated rings. The molecule has 0 radical (unpaired) electrons. The normalized spacial score (nSPS) is 30.4. The standard InChI is InChI=1S/C77H141N3O29/c1-5-7-9-11-13-15-17-19-20-21-22-23-24-25-26-27-29-31-33-35-37-39-41-59(91)80-51(52(87)40-38-36-34-32-30-28-18-16-14-12-10-8-6-2)48-102-72-66(96)65(95)68(58(47-84)104-72)105-73-67(97)71(63(93)56(45-82)103-73)109-77(75(100)101)43-54(89)61(79-50(4)86)70(108-77)64(94)57(46-83)106-76(74(98)99)42-53(88)60(78-49(3)85)69(107-76)62(92)55(90)44-81/h51-58,60-73,81-84,87-90,92-97H,5-48H2,1-4H3,(H,78,85)(H,79,86)(H,80,91)(H,98,99)(H,100,101). The zero-order chi connectivity index (χ0) is 80.5. The van der Waals surface area contributed by atoms with Crippen LogP contribution < -0.4 is 16.0 Å². The van der Waals surface area contributed by atoms with Crippen molar-refractivity contribution in [3.05, 3.63) is 0 Å². The minimum absolute atomic E-state index is 0.180. The quantitative estimate of drug-likeness (QED) is 0.0388. The van der Waals surface area contributed by atoms with Crippen molar-refractivity contribution in [1.29, 1.82) is 0 Å². The number of nitrogens with one attached hydrogen (secondary N) is 3. The summed E-state index contributed by atoms with van der Waals surface area (Å²) in [5.41, 5.74) is 0. The first-order valence-electron chi connectivity index (χ1n) is 41.0. The molecule has 0 saturated carbocycles. The molecule has 24 unspecified atom stereocenters. The predicted octanol–water partition coefficient (Wildman–Crippen LogP) is 3.29. The van der Waals surface area contributed by atoms with E-state index in [2.05, 4.69) is 29.8 Å². The highest BCUT2D eigenvalue weighted by molar-refractivity contribution is 5.78. The van der Waals surface area contributed by atoms with E-state index in [1.165, 1.54) is 161 Å². The number of carbonyl (C=O) groups excluding carboxylic acids is 3. The molecular weight excluding hydrogens is 1430 g/mol. The van der Waals surface area contributed by atoms with Gasteiger partial charge in [0.2, 0.25) is 17.7 Å². The summed E-state index contributed by atoms with van der Waals surface area (Å²) in [6.07, 6.45) is -0.150. The van der Waals surface area contributed by atoms with E-state index in [1.54, 1.807) is 0 Å². The van der Waals surface area contributed by atoms with Gasteiger partial charge in [0.05, 0.1) is 69.5 Å². The Kier molecular flexibility index (Phi) is 48.1. The summed E-state index contributed by atoms with van der Waals surface area (Å²) in [6.45, 7) is 1.22. The van der Waals surface area contributed by atoms with Crippen LogP contribution in [-0.4, -0.2) is 290 Å². The van der Waals surface area contributed by atoms with Crippen LogP contribution in [0.3, 0.4) is 0 Å². The predicted molar refractivity (Wildman–Crippen MR) is 395 cm³/mol. The average Bonchev–Trinajstić information content (AvgIpc) is 0.753. The van der Waals surface area contributed by atoms with Gasteiger partial charge < -0.3 is 136 Å². The first kappa shape index (κ1) is 97.8. The summed E-state index contributed by atoms with van der Waals surface area (Å²) in [5, 5.41) is 186. The molecule has 0 bridgehead atoms. The molecule has 4 aliphatic rings. The molecule has 4 heterocycles. The highest BCUT2D eigenvalue weighted by atomic mass is 16.8. The lowest BCUT2D eigenvalue weighted by Crippen LogP contribution is -2.72. The van der Waals surface area contributed by atoms with E-state index in [9.17, 15) is 106 Å². The first-order chi connectivity index (χ1) is 52.2.